The summed E-state index contributed by atoms with van der Waals surface area (Å²) in [6.07, 6.45) is 1.82. The summed E-state index contributed by atoms with van der Waals surface area (Å²) in [5, 5.41) is 11.4. The van der Waals surface area contributed by atoms with Crippen molar-refractivity contribution in [3.05, 3.63) is 0 Å². The molecule has 0 unspecified atom stereocenters. The van der Waals surface area contributed by atoms with Gasteiger partial charge in [0.15, 0.2) is 0 Å². The molecule has 1 fully saturated rings. The number of aliphatic carboxylic acids is 1. The number of rotatable bonds is 2. The molecule has 0 spiro atoms. The van der Waals surface area contributed by atoms with Gasteiger partial charge in [0, 0.05) is 6.54 Å². The molecule has 0 aromatic carbocycles. The van der Waals surface area contributed by atoms with Crippen molar-refractivity contribution in [1.82, 2.24) is 10.2 Å². The van der Waals surface area contributed by atoms with Gasteiger partial charge in [-0.1, -0.05) is 0 Å². The largest absolute Gasteiger partial charge is 0.481 e. The van der Waals surface area contributed by atoms with Crippen LogP contribution in [0.3, 0.4) is 0 Å². The number of carboxylic acids is 1. The zero-order valence-corrected chi connectivity index (χ0v) is 8.32. The fourth-order valence-electron chi connectivity index (χ4n) is 1.59. The number of hydrogen-bond acceptors (Lipinski definition) is 3. The van der Waals surface area contributed by atoms with E-state index in [1.54, 1.807) is 7.05 Å². The lowest BCUT2D eigenvalue weighted by Gasteiger charge is -2.28. The van der Waals surface area contributed by atoms with E-state index in [4.69, 9.17) is 5.11 Å². The van der Waals surface area contributed by atoms with Crippen LogP contribution in [0.1, 0.15) is 19.3 Å². The highest BCUT2D eigenvalue weighted by Gasteiger charge is 2.26. The molecule has 1 heterocycles. The van der Waals surface area contributed by atoms with Crippen molar-refractivity contribution in [2.45, 2.75) is 25.3 Å². The molecule has 0 bridgehead atoms. The SMILES string of the molecule is CN1CCCCNC(=O)[C@H]1CC(=O)O. The van der Waals surface area contributed by atoms with Crippen LogP contribution in [0, 0.1) is 0 Å². The van der Waals surface area contributed by atoms with Gasteiger partial charge in [-0.25, -0.2) is 0 Å². The van der Waals surface area contributed by atoms with Gasteiger partial charge in [-0.3, -0.25) is 14.5 Å². The maximum Gasteiger partial charge on any atom is 0.305 e. The number of hydrogen-bond donors (Lipinski definition) is 2. The molecule has 80 valence electrons. The van der Waals surface area contributed by atoms with Crippen molar-refractivity contribution in [2.24, 2.45) is 0 Å². The molecule has 1 aliphatic rings. The lowest BCUT2D eigenvalue weighted by Crippen LogP contribution is -2.48. The second kappa shape index (κ2) is 4.95. The predicted molar refractivity (Wildman–Crippen MR) is 50.9 cm³/mol. The van der Waals surface area contributed by atoms with E-state index in [1.165, 1.54) is 0 Å². The Balaban J connectivity index is 2.62. The van der Waals surface area contributed by atoms with E-state index in [0.29, 0.717) is 6.54 Å². The van der Waals surface area contributed by atoms with Crippen molar-refractivity contribution in [2.75, 3.05) is 20.1 Å². The summed E-state index contributed by atoms with van der Waals surface area (Å²) in [6, 6.07) is -0.521. The van der Waals surface area contributed by atoms with E-state index in [2.05, 4.69) is 5.32 Å². The van der Waals surface area contributed by atoms with Gasteiger partial charge in [0.2, 0.25) is 5.91 Å². The molecule has 14 heavy (non-hydrogen) atoms. The summed E-state index contributed by atoms with van der Waals surface area (Å²) in [5.74, 6) is -1.10. The van der Waals surface area contributed by atoms with Gasteiger partial charge in [0.1, 0.15) is 0 Å². The molecule has 0 saturated carbocycles. The fraction of sp³-hybridized carbons (Fsp3) is 0.778. The van der Waals surface area contributed by atoms with Crippen molar-refractivity contribution >= 4 is 11.9 Å². The second-order valence-corrected chi connectivity index (χ2v) is 3.59. The van der Waals surface area contributed by atoms with Gasteiger partial charge in [-0.15, -0.1) is 0 Å². The Kier molecular flexibility index (Phi) is 3.88. The predicted octanol–water partition coefficient (Wildman–Crippen LogP) is -0.328. The molecule has 1 saturated heterocycles. The molecular formula is C9H16N2O3. The highest BCUT2D eigenvalue weighted by Crippen LogP contribution is 2.07. The second-order valence-electron chi connectivity index (χ2n) is 3.59. The zero-order valence-electron chi connectivity index (χ0n) is 8.32. The minimum Gasteiger partial charge on any atom is -0.481 e. The number of likely N-dealkylation sites (N-methyl/N-ethyl adjacent to an activating group) is 1. The van der Waals surface area contributed by atoms with Crippen molar-refractivity contribution in [3.8, 4) is 0 Å². The molecule has 5 nitrogen and oxygen atoms in total. The summed E-state index contributed by atoms with van der Waals surface area (Å²) < 4.78 is 0. The van der Waals surface area contributed by atoms with Crippen molar-refractivity contribution < 1.29 is 14.7 Å². The number of amides is 1. The van der Waals surface area contributed by atoms with Crippen molar-refractivity contribution in [3.63, 3.8) is 0 Å². The molecule has 1 atom stereocenters. The third kappa shape index (κ3) is 2.99. The van der Waals surface area contributed by atoms with Crippen LogP contribution in [-0.2, 0) is 9.59 Å². The first kappa shape index (κ1) is 11.0. The Morgan fingerprint density at radius 2 is 2.36 bits per heavy atom. The number of nitrogens with one attached hydrogen (secondary N) is 1. The minimum absolute atomic E-state index is 0.123. The first-order valence-electron chi connectivity index (χ1n) is 4.81. The standard InChI is InChI=1S/C9H16N2O3/c1-11-5-3-2-4-10-9(14)7(11)6-8(12)13/h7H,2-6H2,1H3,(H,10,14)(H,12,13)/t7-/m1/s1. The summed E-state index contributed by atoms with van der Waals surface area (Å²) in [7, 11) is 1.79. The van der Waals surface area contributed by atoms with Crippen molar-refractivity contribution in [1.29, 1.82) is 0 Å². The van der Waals surface area contributed by atoms with Gasteiger partial charge >= 0.3 is 5.97 Å². The van der Waals surface area contributed by atoms with Gasteiger partial charge in [0.25, 0.3) is 0 Å². The fourth-order valence-corrected chi connectivity index (χ4v) is 1.59. The normalized spacial score (nSPS) is 24.9. The Morgan fingerprint density at radius 1 is 1.64 bits per heavy atom. The minimum atomic E-state index is -0.933. The van der Waals surface area contributed by atoms with Crippen LogP contribution in [-0.4, -0.2) is 48.1 Å². The third-order valence-corrected chi connectivity index (χ3v) is 2.44. The van der Waals surface area contributed by atoms with Gasteiger partial charge in [0.05, 0.1) is 12.5 Å². The molecule has 2 N–H and O–H groups in total. The van der Waals surface area contributed by atoms with E-state index in [1.807, 2.05) is 4.90 Å². The van der Waals surface area contributed by atoms with E-state index in [-0.39, 0.29) is 12.3 Å². The smallest absolute Gasteiger partial charge is 0.305 e. The summed E-state index contributed by atoms with van der Waals surface area (Å²) in [5.41, 5.74) is 0. The van der Waals surface area contributed by atoms with Crippen LogP contribution < -0.4 is 5.32 Å². The monoisotopic (exact) mass is 200 g/mol. The van der Waals surface area contributed by atoms with Gasteiger partial charge < -0.3 is 10.4 Å². The average Bonchev–Trinajstić information content (AvgIpc) is 2.11. The first-order chi connectivity index (χ1) is 6.61. The number of carbonyl (C=O) groups is 2. The van der Waals surface area contributed by atoms with E-state index in [0.717, 1.165) is 19.4 Å². The Hall–Kier alpha value is -1.10. The quantitative estimate of drug-likeness (QED) is 0.640. The molecule has 0 radical (unpaired) electrons. The Morgan fingerprint density at radius 3 is 3.00 bits per heavy atom. The van der Waals surface area contributed by atoms with Gasteiger partial charge in [-0.05, 0) is 26.4 Å². The topological polar surface area (TPSA) is 69.6 Å². The highest BCUT2D eigenvalue weighted by molar-refractivity contribution is 5.86. The molecule has 0 aromatic heterocycles. The Labute approximate surface area is 83.1 Å². The van der Waals surface area contributed by atoms with Crippen LogP contribution in [0.4, 0.5) is 0 Å². The van der Waals surface area contributed by atoms with Crippen LogP contribution in [0.2, 0.25) is 0 Å². The van der Waals surface area contributed by atoms with E-state index in [9.17, 15) is 9.59 Å². The molecule has 5 heteroatoms. The molecular weight excluding hydrogens is 184 g/mol. The summed E-state index contributed by atoms with van der Waals surface area (Å²) in [4.78, 5) is 23.9. The molecule has 1 amide bonds. The van der Waals surface area contributed by atoms with Gasteiger partial charge in [-0.2, -0.15) is 0 Å². The molecule has 0 aliphatic carbocycles. The highest BCUT2D eigenvalue weighted by atomic mass is 16.4. The molecule has 1 rings (SSSR count). The number of carbonyl (C=O) groups excluding carboxylic acids is 1. The van der Waals surface area contributed by atoms with E-state index >= 15 is 0 Å². The van der Waals surface area contributed by atoms with Crippen LogP contribution in [0.5, 0.6) is 0 Å². The number of carboxylic acid groups (broad SMARTS) is 1. The van der Waals surface area contributed by atoms with Crippen LogP contribution in [0.15, 0.2) is 0 Å². The van der Waals surface area contributed by atoms with Crippen LogP contribution >= 0.6 is 0 Å². The third-order valence-electron chi connectivity index (χ3n) is 2.44. The maximum absolute atomic E-state index is 11.5. The summed E-state index contributed by atoms with van der Waals surface area (Å²) >= 11 is 0. The lowest BCUT2D eigenvalue weighted by atomic mass is 10.1. The van der Waals surface area contributed by atoms with E-state index < -0.39 is 12.0 Å². The lowest BCUT2D eigenvalue weighted by molar-refractivity contribution is -0.141. The van der Waals surface area contributed by atoms with Crippen LogP contribution in [0.25, 0.3) is 0 Å². The first-order valence-corrected chi connectivity index (χ1v) is 4.81. The molecule has 1 aliphatic heterocycles. The maximum atomic E-state index is 11.5. The Bertz CT molecular complexity index is 230. The summed E-state index contributed by atoms with van der Waals surface area (Å²) in [6.45, 7) is 1.44. The molecule has 0 aromatic rings. The average molecular weight is 200 g/mol. The number of nitrogens with zero attached hydrogens (tertiary/aromatic N) is 1. The zero-order chi connectivity index (χ0) is 10.6.